The van der Waals surface area contributed by atoms with E-state index in [4.69, 9.17) is 77.8 Å². The normalized spacial score (nSPS) is 25.7. The van der Waals surface area contributed by atoms with E-state index in [-0.39, 0.29) is 106 Å². The number of rotatable bonds is 38. The minimum Gasteiger partial charge on any atom is -0.460 e. The van der Waals surface area contributed by atoms with Gasteiger partial charge in [0.25, 0.3) is 17.7 Å². The number of ketones is 3. The van der Waals surface area contributed by atoms with Gasteiger partial charge in [-0.2, -0.15) is 10.1 Å². The second-order valence-electron chi connectivity index (χ2n) is 30.1. The number of oxazole rings is 1. The van der Waals surface area contributed by atoms with Crippen LogP contribution < -0.4 is 22.1 Å². The summed E-state index contributed by atoms with van der Waals surface area (Å²) < 4.78 is 75.7. The maximum atomic E-state index is 14.4. The fourth-order valence-electron chi connectivity index (χ4n) is 14.5. The number of allylic oxidation sites excluding steroid dienone is 6. The third-order valence-corrected chi connectivity index (χ3v) is 21.1. The van der Waals surface area contributed by atoms with Gasteiger partial charge in [0.05, 0.1) is 129 Å². The number of anilines is 2. The Bertz CT molecular complexity index is 3820. The molecule has 1 unspecified atom stereocenters. The number of nitrogens with zero attached hydrogens (tertiary/aromatic N) is 6. The number of cyclic esters (lactones) is 1. The van der Waals surface area contributed by atoms with Gasteiger partial charge in [0, 0.05) is 82.8 Å². The first-order chi connectivity index (χ1) is 55.6. The van der Waals surface area contributed by atoms with E-state index in [9.17, 15) is 43.8 Å². The van der Waals surface area contributed by atoms with Crippen LogP contribution in [0.25, 0.3) is 33.4 Å². The number of Topliss-reactive ketones (excluding diaryl/α,β-unsaturated/α-hetero) is 3. The van der Waals surface area contributed by atoms with Crippen molar-refractivity contribution in [1.82, 2.24) is 40.3 Å². The minimum absolute atomic E-state index is 0.0611. The largest absolute Gasteiger partial charge is 0.460 e. The average Bonchev–Trinajstić information content (AvgIpc) is 1.70. The molecule has 1 saturated carbocycles. The molecule has 2 saturated heterocycles. The molecule has 115 heavy (non-hydrogen) atoms. The summed E-state index contributed by atoms with van der Waals surface area (Å²) in [5, 5.41) is 34.1. The van der Waals surface area contributed by atoms with E-state index < -0.39 is 65.9 Å². The van der Waals surface area contributed by atoms with E-state index in [2.05, 4.69) is 25.6 Å². The van der Waals surface area contributed by atoms with Gasteiger partial charge in [0.15, 0.2) is 11.2 Å². The molecule has 32 nitrogen and oxygen atoms in total. The van der Waals surface area contributed by atoms with Crippen molar-refractivity contribution < 1.29 is 105 Å². The molecule has 8 rings (SSSR count). The summed E-state index contributed by atoms with van der Waals surface area (Å²) in [6, 6.07) is 4.42. The number of ether oxygens (including phenoxy) is 12. The van der Waals surface area contributed by atoms with E-state index in [1.54, 1.807) is 37.8 Å². The Morgan fingerprint density at radius 3 is 2.03 bits per heavy atom. The maximum Gasteiger partial charge on any atom is 0.407 e. The number of alkyl carbamates (subject to hydrolysis) is 1. The van der Waals surface area contributed by atoms with Gasteiger partial charge in [0.1, 0.15) is 53.2 Å². The molecule has 8 N–H and O–H groups in total. The van der Waals surface area contributed by atoms with Gasteiger partial charge in [-0.05, 0) is 145 Å². The number of piperidine rings is 1. The molecule has 638 valence electrons. The number of aliphatic hydroxyl groups is 2. The Morgan fingerprint density at radius 1 is 0.704 bits per heavy atom. The quantitative estimate of drug-likeness (QED) is 0.0106. The summed E-state index contributed by atoms with van der Waals surface area (Å²) >= 11 is 0. The van der Waals surface area contributed by atoms with E-state index in [1.165, 1.54) is 11.2 Å². The number of esters is 1. The first-order valence-electron chi connectivity index (χ1n) is 41.0. The highest BCUT2D eigenvalue weighted by molar-refractivity contribution is 6.39. The number of nitrogens with two attached hydrogens (primary N) is 2. The third kappa shape index (κ3) is 31.4. The van der Waals surface area contributed by atoms with Crippen LogP contribution in [0.2, 0.25) is 0 Å². The lowest BCUT2D eigenvalue weighted by atomic mass is 9.83. The average molecular weight is 1610 g/mol. The van der Waals surface area contributed by atoms with E-state index in [0.717, 1.165) is 36.8 Å². The van der Waals surface area contributed by atoms with Crippen molar-refractivity contribution in [1.29, 1.82) is 0 Å². The summed E-state index contributed by atoms with van der Waals surface area (Å²) in [6.07, 6.45) is 16.8. The second kappa shape index (κ2) is 49.9. The van der Waals surface area contributed by atoms with Crippen LogP contribution in [0.5, 0.6) is 0 Å². The third-order valence-electron chi connectivity index (χ3n) is 21.1. The number of aliphatic hydroxyl groups excluding tert-OH is 1. The van der Waals surface area contributed by atoms with Crippen molar-refractivity contribution in [3.8, 4) is 11.3 Å². The van der Waals surface area contributed by atoms with Crippen molar-refractivity contribution in [3.05, 3.63) is 72.1 Å². The number of amides is 3. The Kier molecular flexibility index (Phi) is 40.2. The van der Waals surface area contributed by atoms with Crippen LogP contribution in [0, 0.1) is 23.7 Å². The Morgan fingerprint density at radius 2 is 1.37 bits per heavy atom. The van der Waals surface area contributed by atoms with Crippen molar-refractivity contribution in [2.24, 2.45) is 23.7 Å². The number of methoxy groups -OCH3 is 1. The van der Waals surface area contributed by atoms with Crippen molar-refractivity contribution >= 4 is 75.2 Å². The molecule has 3 amide bonds. The molecule has 4 aliphatic rings. The van der Waals surface area contributed by atoms with E-state index in [0.29, 0.717) is 209 Å². The van der Waals surface area contributed by atoms with Gasteiger partial charge in [-0.15, -0.1) is 0 Å². The SMILES string of the molecule is CO[C@H]1CC2CCC[C@@](O)(O2)C(=O)C(=O)N2CCCC[C@H]2C(=O)O[C@H](CCC2CCC(OC(=O)NCCOCCOCCOCCOCCOCCOCCOCCOCCC(=O)NCCCCn3nc(-c4ccc5oc(N)nc5c4)c4c(N)ncnc43)CC2)CC(=O)[C@H](C)/C=C(\C)[C@@H](O)CC(=O)[C@H](C)C[C@H](C)/C=C/C=C/C=C/1C. The van der Waals surface area contributed by atoms with E-state index in [1.807, 2.05) is 63.3 Å². The van der Waals surface area contributed by atoms with Crippen LogP contribution in [0.3, 0.4) is 0 Å². The molecule has 32 heteroatoms. The summed E-state index contributed by atoms with van der Waals surface area (Å²) in [6.45, 7) is 16.5. The van der Waals surface area contributed by atoms with Crippen molar-refractivity contribution in [2.45, 2.75) is 206 Å². The van der Waals surface area contributed by atoms with Crippen LogP contribution in [0.4, 0.5) is 16.6 Å². The van der Waals surface area contributed by atoms with Crippen LogP contribution in [0.15, 0.2) is 76.5 Å². The number of fused-ring (bicyclic) bond motifs is 5. The standard InChI is InChI=1S/C83H124N10O22/c1-56-15-8-7-9-16-57(2)72(103-6)53-65-17-14-28-83(102,115-65)76(98)79(99)92-31-12-10-18-67(92)80(100)112-64(52-68(94)59(4)50-60(5)70(96)54-69(95)58(3)49-56)25-21-61-19-23-63(24-20-61)113-82(101)87-30-34-105-36-38-107-40-42-109-44-46-111-48-47-110-45-43-108-41-39-106-37-35-104-33-27-73(97)86-29-11-13-32-93-78-74(77(84)88-55-89-78)75(91-93)62-22-26-71-66(51-62)90-81(85)114-71/h7-9,15-16,22,26,50-51,55-56,58-59,61,63-65,67,70,72,96,102H,10-14,17-21,23-25,27-49,52-54H2,1-6H3,(H2,85,90)(H,86,97)(H,87,101)(H2,84,88,89)/b9-7+,15-8+,57-16+,60-50+/t56-,58-,59-,61?,63?,64-,65?,67+,70+,72+,83-/m1/s1. The Balaban J connectivity index is 0.615. The second-order valence-corrected chi connectivity index (χ2v) is 30.1. The molecule has 1 aromatic carbocycles. The summed E-state index contributed by atoms with van der Waals surface area (Å²) in [4.78, 5) is 109. The molecule has 3 fully saturated rings. The topological polar surface area (TPSA) is 420 Å². The lowest BCUT2D eigenvalue weighted by molar-refractivity contribution is -0.245. The van der Waals surface area contributed by atoms with Gasteiger partial charge < -0.3 is 98.5 Å². The lowest BCUT2D eigenvalue weighted by Crippen LogP contribution is -2.58. The fourth-order valence-corrected chi connectivity index (χ4v) is 14.5. The minimum atomic E-state index is -2.41. The highest BCUT2D eigenvalue weighted by atomic mass is 16.6. The molecular formula is C83H124N10O22. The van der Waals surface area contributed by atoms with Crippen LogP contribution in [0.1, 0.15) is 157 Å². The highest BCUT2D eigenvalue weighted by Crippen LogP contribution is 2.36. The molecule has 0 radical (unpaired) electrons. The van der Waals surface area contributed by atoms with Crippen LogP contribution in [-0.2, 0) is 92.2 Å². The lowest BCUT2D eigenvalue weighted by Gasteiger charge is -2.39. The predicted molar refractivity (Wildman–Crippen MR) is 427 cm³/mol. The summed E-state index contributed by atoms with van der Waals surface area (Å²) in [7, 11) is 1.57. The zero-order chi connectivity index (χ0) is 82.3. The fraction of sp³-hybridized carbons (Fsp3) is 0.675. The highest BCUT2D eigenvalue weighted by Gasteiger charge is 2.49. The number of nitrogen functional groups attached to an aromatic ring is 2. The molecule has 3 aromatic heterocycles. The summed E-state index contributed by atoms with van der Waals surface area (Å²) in [5.41, 5.74) is 16.6. The number of aryl methyl sites for hydroxylation is 1. The molecular weight excluding hydrogens is 1490 g/mol. The molecule has 6 heterocycles. The Labute approximate surface area is 674 Å². The van der Waals surface area contributed by atoms with Gasteiger partial charge in [-0.1, -0.05) is 57.2 Å². The molecule has 9 atom stereocenters. The smallest absolute Gasteiger partial charge is 0.407 e. The van der Waals surface area contributed by atoms with E-state index >= 15 is 0 Å². The zero-order valence-electron chi connectivity index (χ0n) is 68.0. The number of aromatic nitrogens is 5. The van der Waals surface area contributed by atoms with Crippen molar-refractivity contribution in [3.63, 3.8) is 0 Å². The van der Waals surface area contributed by atoms with Gasteiger partial charge >= 0.3 is 12.1 Å². The molecule has 0 spiro atoms. The number of carbonyl (C=O) groups excluding carboxylic acids is 7. The van der Waals surface area contributed by atoms with Gasteiger partial charge in [0.2, 0.25) is 11.7 Å². The molecule has 2 bridgehead atoms. The first-order valence-corrected chi connectivity index (χ1v) is 41.0. The Hall–Kier alpha value is -7.99. The van der Waals surface area contributed by atoms with Crippen LogP contribution >= 0.6 is 0 Å². The zero-order valence-corrected chi connectivity index (χ0v) is 68.0. The number of benzene rings is 1. The summed E-state index contributed by atoms with van der Waals surface area (Å²) in [5.74, 6) is -6.28. The maximum absolute atomic E-state index is 14.4. The van der Waals surface area contributed by atoms with Crippen molar-refractivity contribution in [2.75, 3.05) is 144 Å². The number of nitrogens with one attached hydrogen (secondary N) is 2. The first kappa shape index (κ1) is 92.5. The number of carbonyl (C=O) groups is 7. The number of hydrogen-bond acceptors (Lipinski definition) is 28. The molecule has 4 aromatic rings. The van der Waals surface area contributed by atoms with Crippen LogP contribution in [-0.4, -0.2) is 256 Å². The number of hydrogen-bond donors (Lipinski definition) is 6. The monoisotopic (exact) mass is 1610 g/mol. The molecule has 3 aliphatic heterocycles. The number of unbranched alkanes of at least 4 members (excludes halogenated alkanes) is 1. The molecule has 1 aliphatic carbocycles. The van der Waals surface area contributed by atoms with Gasteiger partial charge in [-0.3, -0.25) is 24.0 Å². The van der Waals surface area contributed by atoms with Gasteiger partial charge in [-0.25, -0.2) is 24.2 Å². The predicted octanol–water partition coefficient (Wildman–Crippen LogP) is 8.40.